The minimum absolute atomic E-state index is 0.129. The van der Waals surface area contributed by atoms with Gasteiger partial charge in [-0.1, -0.05) is 29.8 Å². The first-order valence-electron chi connectivity index (χ1n) is 10.2. The SMILES string of the molecule is O=C(CN1CCCN(Cc2ccccc2F)CC1)Nc1cc2c(cc1Cl)OCCO2. The van der Waals surface area contributed by atoms with Crippen LogP contribution >= 0.6 is 11.6 Å². The van der Waals surface area contributed by atoms with Crippen molar-refractivity contribution < 1.29 is 18.7 Å². The highest BCUT2D eigenvalue weighted by Crippen LogP contribution is 2.37. The highest BCUT2D eigenvalue weighted by Gasteiger charge is 2.20. The van der Waals surface area contributed by atoms with Crippen molar-refractivity contribution in [1.29, 1.82) is 0 Å². The zero-order valence-corrected chi connectivity index (χ0v) is 17.5. The quantitative estimate of drug-likeness (QED) is 0.783. The van der Waals surface area contributed by atoms with Gasteiger partial charge < -0.3 is 14.8 Å². The summed E-state index contributed by atoms with van der Waals surface area (Å²) in [4.78, 5) is 16.9. The Morgan fingerprint density at radius 2 is 1.73 bits per heavy atom. The second-order valence-electron chi connectivity index (χ2n) is 7.52. The summed E-state index contributed by atoms with van der Waals surface area (Å²) in [7, 11) is 0. The molecule has 30 heavy (non-hydrogen) atoms. The van der Waals surface area contributed by atoms with Gasteiger partial charge in [-0.2, -0.15) is 0 Å². The molecule has 160 valence electrons. The predicted molar refractivity (Wildman–Crippen MR) is 114 cm³/mol. The number of amides is 1. The van der Waals surface area contributed by atoms with Crippen molar-refractivity contribution in [3.8, 4) is 11.5 Å². The first-order chi connectivity index (χ1) is 14.6. The largest absolute Gasteiger partial charge is 0.486 e. The Morgan fingerprint density at radius 1 is 1.03 bits per heavy atom. The van der Waals surface area contributed by atoms with Gasteiger partial charge in [0.2, 0.25) is 5.91 Å². The van der Waals surface area contributed by atoms with Crippen molar-refractivity contribution in [3.63, 3.8) is 0 Å². The van der Waals surface area contributed by atoms with Crippen LogP contribution < -0.4 is 14.8 Å². The first-order valence-corrected chi connectivity index (χ1v) is 10.5. The number of anilines is 1. The third kappa shape index (κ3) is 5.22. The number of fused-ring (bicyclic) bond motifs is 1. The number of hydrogen-bond donors (Lipinski definition) is 1. The van der Waals surface area contributed by atoms with Gasteiger partial charge >= 0.3 is 0 Å². The van der Waals surface area contributed by atoms with Crippen molar-refractivity contribution in [2.45, 2.75) is 13.0 Å². The number of nitrogens with one attached hydrogen (secondary N) is 1. The van der Waals surface area contributed by atoms with E-state index in [9.17, 15) is 9.18 Å². The number of carbonyl (C=O) groups excluding carboxylic acids is 1. The second-order valence-corrected chi connectivity index (χ2v) is 7.93. The normalized spacial score (nSPS) is 17.4. The fraction of sp³-hybridized carbons (Fsp3) is 0.409. The van der Waals surface area contributed by atoms with Crippen LogP contribution in [0.5, 0.6) is 11.5 Å². The number of nitrogens with zero attached hydrogens (tertiary/aromatic N) is 2. The van der Waals surface area contributed by atoms with E-state index in [0.717, 1.165) is 32.6 Å². The number of rotatable bonds is 5. The van der Waals surface area contributed by atoms with Gasteiger partial charge in [-0.15, -0.1) is 0 Å². The van der Waals surface area contributed by atoms with Gasteiger partial charge in [-0.05, 0) is 25.6 Å². The number of ether oxygens (including phenoxy) is 2. The molecule has 1 saturated heterocycles. The van der Waals surface area contributed by atoms with Crippen LogP contribution in [0.3, 0.4) is 0 Å². The molecule has 1 amide bonds. The van der Waals surface area contributed by atoms with E-state index < -0.39 is 0 Å². The molecule has 4 rings (SSSR count). The molecule has 1 fully saturated rings. The van der Waals surface area contributed by atoms with Crippen LogP contribution in [0.2, 0.25) is 5.02 Å². The Labute approximate surface area is 180 Å². The summed E-state index contributed by atoms with van der Waals surface area (Å²) >= 11 is 6.28. The standard InChI is InChI=1S/C22H25ClFN3O3/c23-17-12-20-21(30-11-10-29-20)13-19(17)25-22(28)15-27-7-3-6-26(8-9-27)14-16-4-1-2-5-18(16)24/h1-2,4-5,12-13H,3,6-11,14-15H2,(H,25,28). The lowest BCUT2D eigenvalue weighted by molar-refractivity contribution is -0.117. The Bertz CT molecular complexity index is 911. The minimum Gasteiger partial charge on any atom is -0.486 e. The highest BCUT2D eigenvalue weighted by molar-refractivity contribution is 6.34. The molecule has 0 radical (unpaired) electrons. The average molecular weight is 434 g/mol. The van der Waals surface area contributed by atoms with E-state index in [2.05, 4.69) is 15.1 Å². The van der Waals surface area contributed by atoms with Gasteiger partial charge in [0, 0.05) is 37.3 Å². The van der Waals surface area contributed by atoms with Gasteiger partial charge in [0.05, 0.1) is 17.3 Å². The fourth-order valence-corrected chi connectivity index (χ4v) is 3.96. The monoisotopic (exact) mass is 433 g/mol. The third-order valence-electron chi connectivity index (χ3n) is 5.31. The Balaban J connectivity index is 1.30. The molecule has 2 aliphatic rings. The van der Waals surface area contributed by atoms with Crippen LogP contribution in [0.1, 0.15) is 12.0 Å². The van der Waals surface area contributed by atoms with Crippen molar-refractivity contribution >= 4 is 23.2 Å². The molecule has 0 aromatic heterocycles. The number of carbonyl (C=O) groups is 1. The van der Waals surface area contributed by atoms with Crippen LogP contribution in [-0.4, -0.2) is 61.6 Å². The number of halogens is 2. The van der Waals surface area contributed by atoms with E-state index in [1.165, 1.54) is 6.07 Å². The molecule has 0 aliphatic carbocycles. The van der Waals surface area contributed by atoms with Crippen LogP contribution in [-0.2, 0) is 11.3 Å². The van der Waals surface area contributed by atoms with E-state index in [-0.39, 0.29) is 18.3 Å². The molecule has 2 heterocycles. The summed E-state index contributed by atoms with van der Waals surface area (Å²) in [5, 5.41) is 3.29. The van der Waals surface area contributed by atoms with Gasteiger partial charge in [-0.25, -0.2) is 4.39 Å². The van der Waals surface area contributed by atoms with Crippen molar-refractivity contribution in [2.75, 3.05) is 51.3 Å². The van der Waals surface area contributed by atoms with Crippen molar-refractivity contribution in [2.24, 2.45) is 0 Å². The lowest BCUT2D eigenvalue weighted by Gasteiger charge is -2.22. The minimum atomic E-state index is -0.172. The van der Waals surface area contributed by atoms with E-state index in [1.807, 2.05) is 12.1 Å². The molecule has 6 nitrogen and oxygen atoms in total. The third-order valence-corrected chi connectivity index (χ3v) is 5.62. The van der Waals surface area contributed by atoms with Gasteiger partial charge in [0.25, 0.3) is 0 Å². The maximum Gasteiger partial charge on any atom is 0.238 e. The van der Waals surface area contributed by atoms with E-state index in [4.69, 9.17) is 21.1 Å². The Kier molecular flexibility index (Phi) is 6.72. The van der Waals surface area contributed by atoms with E-state index in [1.54, 1.807) is 18.2 Å². The molecule has 0 spiro atoms. The predicted octanol–water partition coefficient (Wildman–Crippen LogP) is 3.40. The van der Waals surface area contributed by atoms with Gasteiger partial charge in [-0.3, -0.25) is 14.6 Å². The maximum absolute atomic E-state index is 13.9. The van der Waals surface area contributed by atoms with Crippen LogP contribution in [0.15, 0.2) is 36.4 Å². The molecule has 2 aliphatic heterocycles. The van der Waals surface area contributed by atoms with E-state index >= 15 is 0 Å². The van der Waals surface area contributed by atoms with Gasteiger partial charge in [0.1, 0.15) is 19.0 Å². The molecule has 8 heteroatoms. The molecule has 0 atom stereocenters. The first kappa shape index (κ1) is 20.9. The van der Waals surface area contributed by atoms with Gasteiger partial charge in [0.15, 0.2) is 11.5 Å². The summed E-state index contributed by atoms with van der Waals surface area (Å²) < 4.78 is 25.0. The van der Waals surface area contributed by atoms with Crippen LogP contribution in [0.4, 0.5) is 10.1 Å². The molecule has 0 unspecified atom stereocenters. The number of benzene rings is 2. The average Bonchev–Trinajstić information content (AvgIpc) is 2.95. The van der Waals surface area contributed by atoms with Crippen LogP contribution in [0, 0.1) is 5.82 Å². The lowest BCUT2D eigenvalue weighted by atomic mass is 10.2. The second kappa shape index (κ2) is 9.64. The Morgan fingerprint density at radius 3 is 2.53 bits per heavy atom. The lowest BCUT2D eigenvalue weighted by Crippen LogP contribution is -2.36. The maximum atomic E-state index is 13.9. The summed E-state index contributed by atoms with van der Waals surface area (Å²) in [6.45, 7) is 5.04. The van der Waals surface area contributed by atoms with E-state index in [0.29, 0.717) is 47.5 Å². The summed E-state index contributed by atoms with van der Waals surface area (Å²) in [5.74, 6) is 0.872. The Hall–Kier alpha value is -2.35. The molecule has 2 aromatic rings. The van der Waals surface area contributed by atoms with Crippen molar-refractivity contribution in [3.05, 3.63) is 52.8 Å². The summed E-state index contributed by atoms with van der Waals surface area (Å²) in [6.07, 6.45) is 0.923. The molecular formula is C22H25ClFN3O3. The van der Waals surface area contributed by atoms with Crippen LogP contribution in [0.25, 0.3) is 0 Å². The zero-order valence-electron chi connectivity index (χ0n) is 16.7. The number of hydrogen-bond acceptors (Lipinski definition) is 5. The molecule has 0 bridgehead atoms. The van der Waals surface area contributed by atoms with Crippen molar-refractivity contribution in [1.82, 2.24) is 9.80 Å². The fourth-order valence-electron chi connectivity index (χ4n) is 3.76. The summed E-state index contributed by atoms with van der Waals surface area (Å²) in [6, 6.07) is 10.2. The highest BCUT2D eigenvalue weighted by atomic mass is 35.5. The smallest absolute Gasteiger partial charge is 0.238 e. The molecule has 0 saturated carbocycles. The zero-order chi connectivity index (χ0) is 20.9. The molecular weight excluding hydrogens is 409 g/mol. The molecule has 1 N–H and O–H groups in total. The topological polar surface area (TPSA) is 54.0 Å². The molecule has 2 aromatic carbocycles. The summed E-state index contributed by atoms with van der Waals surface area (Å²) in [5.41, 5.74) is 1.22.